The maximum absolute atomic E-state index is 13.3. The number of halogens is 1. The SMILES string of the molecule is CC(C)(C)CC(C)(C(=O)OCCOc1nc(Cl)nc(Nc2cc(S(=O)(=O)O)cc3cc(S(=O)(=O)O)c(N=Nc4ccc5ccccc5c4S(=O)(=O)O)c(O)c23)n1)C(C)(C)C. The zero-order valence-electron chi connectivity index (χ0n) is 33.1. The zero-order valence-corrected chi connectivity index (χ0v) is 36.3. The van der Waals surface area contributed by atoms with E-state index in [2.05, 4.69) is 30.5 Å². The van der Waals surface area contributed by atoms with Gasteiger partial charge in [-0.1, -0.05) is 71.9 Å². The normalized spacial score (nSPS) is 14.1. The standard InChI is InChI=1S/C37H41ClN6O13S3/c1-35(2,3)19-37(7,36(4,5)6)31(46)56-14-15-57-34-41-32(38)40-33(42-34)39-25-18-22(58(47,48)49)16-21-17-26(59(50,51)52)28(29(45)27(21)25)44-43-24-13-12-20-10-8-9-11-23(20)30(24)60(53,54)55/h8-13,16-18,45H,14-15,19H2,1-7H3,(H,47,48,49)(H,50,51,52)(H,53,54,55)(H,39,40,41,42). The van der Waals surface area contributed by atoms with Crippen molar-refractivity contribution in [2.45, 2.75) is 69.6 Å². The molecule has 4 aromatic carbocycles. The Morgan fingerprint density at radius 3 is 2.07 bits per heavy atom. The number of carbonyl (C=O) groups excluding carboxylic acids is 1. The molecule has 5 aromatic rings. The van der Waals surface area contributed by atoms with Gasteiger partial charge < -0.3 is 19.9 Å². The maximum atomic E-state index is 13.3. The Morgan fingerprint density at radius 1 is 0.800 bits per heavy atom. The summed E-state index contributed by atoms with van der Waals surface area (Å²) in [7, 11) is -15.3. The van der Waals surface area contributed by atoms with E-state index >= 15 is 0 Å². The first-order valence-corrected chi connectivity index (χ1v) is 22.4. The molecule has 1 aromatic heterocycles. The number of fused-ring (bicyclic) bond motifs is 2. The molecule has 0 spiro atoms. The first kappa shape index (κ1) is 46.0. The van der Waals surface area contributed by atoms with E-state index in [4.69, 9.17) is 21.1 Å². The van der Waals surface area contributed by atoms with Gasteiger partial charge in [-0.2, -0.15) is 40.2 Å². The van der Waals surface area contributed by atoms with Crippen LogP contribution in [0.25, 0.3) is 21.5 Å². The lowest BCUT2D eigenvalue weighted by molar-refractivity contribution is -0.165. The number of azo groups is 1. The molecule has 1 unspecified atom stereocenters. The van der Waals surface area contributed by atoms with Crippen LogP contribution in [0.4, 0.5) is 23.0 Å². The summed E-state index contributed by atoms with van der Waals surface area (Å²) < 4.78 is 116. The van der Waals surface area contributed by atoms with Crippen molar-refractivity contribution in [2.75, 3.05) is 18.5 Å². The van der Waals surface area contributed by atoms with Crippen LogP contribution >= 0.6 is 11.6 Å². The summed E-state index contributed by atoms with van der Waals surface area (Å²) in [5.74, 6) is -1.94. The highest BCUT2D eigenvalue weighted by atomic mass is 35.5. The van der Waals surface area contributed by atoms with Gasteiger partial charge in [0.1, 0.15) is 34.4 Å². The summed E-state index contributed by atoms with van der Waals surface area (Å²) in [6.07, 6.45) is 0.533. The predicted octanol–water partition coefficient (Wildman–Crippen LogP) is 7.85. The van der Waals surface area contributed by atoms with Gasteiger partial charge >= 0.3 is 12.0 Å². The Bertz CT molecular complexity index is 2900. The van der Waals surface area contributed by atoms with E-state index in [9.17, 15) is 48.8 Å². The number of rotatable bonds is 13. The quantitative estimate of drug-likeness (QED) is 0.0325. The first-order valence-electron chi connectivity index (χ1n) is 17.7. The number of carbonyl (C=O) groups is 1. The van der Waals surface area contributed by atoms with Crippen molar-refractivity contribution in [3.63, 3.8) is 0 Å². The van der Waals surface area contributed by atoms with Crippen LogP contribution in [-0.4, -0.2) is 78.2 Å². The monoisotopic (exact) mass is 908 g/mol. The van der Waals surface area contributed by atoms with E-state index in [0.29, 0.717) is 17.9 Å². The van der Waals surface area contributed by atoms with Crippen molar-refractivity contribution in [2.24, 2.45) is 26.5 Å². The molecule has 1 heterocycles. The lowest BCUT2D eigenvalue weighted by Gasteiger charge is -2.43. The minimum atomic E-state index is -5.31. The van der Waals surface area contributed by atoms with E-state index in [1.165, 1.54) is 18.2 Å². The molecular weight excluding hydrogens is 868 g/mol. The van der Waals surface area contributed by atoms with Gasteiger partial charge in [-0.05, 0) is 70.8 Å². The molecule has 0 aliphatic rings. The molecule has 0 amide bonds. The minimum absolute atomic E-state index is 0.0263. The van der Waals surface area contributed by atoms with Gasteiger partial charge in [-0.25, -0.2) is 0 Å². The Balaban J connectivity index is 1.55. The fourth-order valence-corrected chi connectivity index (χ4v) is 8.58. The second-order valence-corrected chi connectivity index (χ2v) is 20.5. The van der Waals surface area contributed by atoms with Crippen molar-refractivity contribution in [3.8, 4) is 11.8 Å². The van der Waals surface area contributed by atoms with Gasteiger partial charge in [0.15, 0.2) is 5.75 Å². The molecule has 0 saturated heterocycles. The van der Waals surface area contributed by atoms with Crippen LogP contribution in [0, 0.1) is 16.2 Å². The van der Waals surface area contributed by atoms with Crippen molar-refractivity contribution in [1.82, 2.24) is 15.0 Å². The molecule has 0 aliphatic heterocycles. The molecule has 19 nitrogen and oxygen atoms in total. The molecule has 322 valence electrons. The summed E-state index contributed by atoms with van der Waals surface area (Å²) in [5.41, 5.74) is -3.36. The zero-order chi connectivity index (χ0) is 44.8. The summed E-state index contributed by atoms with van der Waals surface area (Å²) in [6, 6.07) is 10.5. The fraction of sp³-hybridized carbons (Fsp3) is 0.351. The Hall–Kier alpha value is -5.10. The van der Waals surface area contributed by atoms with Gasteiger partial charge in [0.2, 0.25) is 11.2 Å². The number of anilines is 2. The number of aromatic hydroxyl groups is 1. The molecule has 0 bridgehead atoms. The van der Waals surface area contributed by atoms with Gasteiger partial charge in [-0.3, -0.25) is 18.5 Å². The lowest BCUT2D eigenvalue weighted by atomic mass is 9.61. The number of esters is 1. The highest BCUT2D eigenvalue weighted by Crippen LogP contribution is 2.48. The number of ether oxygens (including phenoxy) is 2. The van der Waals surface area contributed by atoms with Crippen molar-refractivity contribution < 1.29 is 58.3 Å². The summed E-state index contributed by atoms with van der Waals surface area (Å²) in [4.78, 5) is 22.6. The van der Waals surface area contributed by atoms with Crippen LogP contribution in [0.3, 0.4) is 0 Å². The number of aromatic nitrogens is 3. The van der Waals surface area contributed by atoms with Gasteiger partial charge in [0.05, 0.1) is 16.0 Å². The third kappa shape index (κ3) is 10.3. The molecule has 60 heavy (non-hydrogen) atoms. The van der Waals surface area contributed by atoms with Gasteiger partial charge in [0.25, 0.3) is 30.4 Å². The summed E-state index contributed by atoms with van der Waals surface area (Å²) in [5, 5.41) is 20.9. The van der Waals surface area contributed by atoms with Crippen LogP contribution in [0.2, 0.25) is 5.28 Å². The van der Waals surface area contributed by atoms with Crippen LogP contribution in [0.5, 0.6) is 11.8 Å². The van der Waals surface area contributed by atoms with Crippen molar-refractivity contribution in [3.05, 3.63) is 59.9 Å². The van der Waals surface area contributed by atoms with Gasteiger partial charge in [0, 0.05) is 10.8 Å². The van der Waals surface area contributed by atoms with Crippen LogP contribution < -0.4 is 10.1 Å². The van der Waals surface area contributed by atoms with Gasteiger partial charge in [-0.15, -0.1) is 10.2 Å². The first-order chi connectivity index (χ1) is 27.5. The Morgan fingerprint density at radius 2 is 1.47 bits per heavy atom. The topological polar surface area (TPSA) is 294 Å². The highest BCUT2D eigenvalue weighted by Gasteiger charge is 2.47. The predicted molar refractivity (Wildman–Crippen MR) is 219 cm³/mol. The van der Waals surface area contributed by atoms with Crippen LogP contribution in [-0.2, 0) is 39.9 Å². The lowest BCUT2D eigenvalue weighted by Crippen LogP contribution is -2.44. The van der Waals surface area contributed by atoms with Crippen molar-refractivity contribution in [1.29, 1.82) is 0 Å². The summed E-state index contributed by atoms with van der Waals surface area (Å²) in [6.45, 7) is 13.3. The second kappa shape index (κ2) is 16.4. The molecule has 1 atom stereocenters. The molecule has 0 fully saturated rings. The maximum Gasteiger partial charge on any atom is 0.322 e. The fourth-order valence-electron chi connectivity index (χ4n) is 6.39. The molecule has 5 rings (SSSR count). The number of nitrogens with zero attached hydrogens (tertiary/aromatic N) is 5. The molecular formula is C37H41ClN6O13S3. The van der Waals surface area contributed by atoms with Crippen molar-refractivity contribution >= 4 is 92.5 Å². The number of nitrogens with one attached hydrogen (secondary N) is 1. The molecule has 23 heteroatoms. The number of hydrogen-bond donors (Lipinski definition) is 5. The molecule has 0 saturated carbocycles. The Kier molecular flexibility index (Phi) is 12.6. The molecule has 0 aliphatic carbocycles. The van der Waals surface area contributed by atoms with E-state index in [-0.39, 0.29) is 24.0 Å². The Labute approximate surface area is 350 Å². The second-order valence-electron chi connectivity index (χ2n) is 16.0. The van der Waals surface area contributed by atoms with Crippen LogP contribution in [0.15, 0.2) is 79.5 Å². The van der Waals surface area contributed by atoms with E-state index in [1.54, 1.807) is 12.1 Å². The number of hydrogen-bond acceptors (Lipinski definition) is 16. The molecule has 0 radical (unpaired) electrons. The largest absolute Gasteiger partial charge is 0.505 e. The third-order valence-electron chi connectivity index (χ3n) is 9.45. The number of phenolic OH excluding ortho intramolecular Hbond substituents is 1. The molecule has 5 N–H and O–H groups in total. The van der Waals surface area contributed by atoms with Crippen LogP contribution in [0.1, 0.15) is 54.9 Å². The van der Waals surface area contributed by atoms with E-state index < -0.39 is 113 Å². The van der Waals surface area contributed by atoms with E-state index in [0.717, 1.165) is 18.2 Å². The summed E-state index contributed by atoms with van der Waals surface area (Å²) >= 11 is 6.15. The average Bonchev–Trinajstić information content (AvgIpc) is 3.09. The smallest absolute Gasteiger partial charge is 0.322 e. The number of benzene rings is 4. The third-order valence-corrected chi connectivity index (χ3v) is 12.3. The van der Waals surface area contributed by atoms with E-state index in [1.807, 2.05) is 48.5 Å². The highest BCUT2D eigenvalue weighted by molar-refractivity contribution is 7.86. The average molecular weight is 909 g/mol. The minimum Gasteiger partial charge on any atom is -0.505 e. The number of phenols is 1.